The topological polar surface area (TPSA) is 121 Å². The van der Waals surface area contributed by atoms with E-state index in [-0.39, 0.29) is 27.4 Å². The molecule has 29 heavy (non-hydrogen) atoms. The number of nitrogens with zero attached hydrogens (tertiary/aromatic N) is 3. The third-order valence-electron chi connectivity index (χ3n) is 4.13. The van der Waals surface area contributed by atoms with Crippen molar-refractivity contribution >= 4 is 15.7 Å². The quantitative estimate of drug-likeness (QED) is 0.506. The molecule has 1 aromatic heterocycles. The van der Waals surface area contributed by atoms with E-state index in [1.54, 1.807) is 0 Å². The third-order valence-corrected chi connectivity index (χ3v) is 5.06. The van der Waals surface area contributed by atoms with Crippen LogP contribution in [0.4, 0.5) is 18.9 Å². The van der Waals surface area contributed by atoms with E-state index in [1.165, 1.54) is 31.2 Å². The van der Waals surface area contributed by atoms with E-state index in [9.17, 15) is 31.7 Å². The van der Waals surface area contributed by atoms with E-state index in [0.717, 1.165) is 29.1 Å². The number of primary sulfonamides is 1. The second-order valence-corrected chi connectivity index (χ2v) is 7.69. The van der Waals surface area contributed by atoms with Crippen LogP contribution >= 0.6 is 0 Å². The maximum absolute atomic E-state index is 13.5. The summed E-state index contributed by atoms with van der Waals surface area (Å²) in [6.45, 7) is 1.48. The number of nitro benzene ring substituents is 1. The number of hydrogen-bond donors (Lipinski definition) is 1. The zero-order chi connectivity index (χ0) is 21.6. The number of hydrogen-bond acceptors (Lipinski definition) is 5. The van der Waals surface area contributed by atoms with Gasteiger partial charge in [0.05, 0.1) is 15.5 Å². The van der Waals surface area contributed by atoms with Crippen molar-refractivity contribution in [1.29, 1.82) is 0 Å². The summed E-state index contributed by atoms with van der Waals surface area (Å²) < 4.78 is 64.1. The standard InChI is InChI=1S/C17H13F3N4O4S/c1-10-2-3-11(8-15(10)24(25)26)14-9-23(22-16(14)17(18,19)20)12-4-6-13(7-5-12)29(21,27)28/h2-9H,1H3,(H2,21,27,28). The van der Waals surface area contributed by atoms with Crippen molar-refractivity contribution in [3.8, 4) is 16.8 Å². The summed E-state index contributed by atoms with van der Waals surface area (Å²) in [4.78, 5) is 10.2. The first kappa shape index (κ1) is 20.5. The SMILES string of the molecule is Cc1ccc(-c2cn(-c3ccc(S(N)(=O)=O)cc3)nc2C(F)(F)F)cc1[N+](=O)[O-]. The Morgan fingerprint density at radius 1 is 1.14 bits per heavy atom. The maximum atomic E-state index is 13.5. The molecule has 0 bridgehead atoms. The first-order valence-electron chi connectivity index (χ1n) is 7.93. The van der Waals surface area contributed by atoms with Gasteiger partial charge in [0.15, 0.2) is 5.69 Å². The molecule has 152 valence electrons. The van der Waals surface area contributed by atoms with Crippen LogP contribution in [0, 0.1) is 17.0 Å². The minimum Gasteiger partial charge on any atom is -0.258 e. The van der Waals surface area contributed by atoms with Gasteiger partial charge in [0.25, 0.3) is 5.69 Å². The fourth-order valence-electron chi connectivity index (χ4n) is 2.69. The van der Waals surface area contributed by atoms with Crippen molar-refractivity contribution in [2.75, 3.05) is 0 Å². The number of rotatable bonds is 4. The molecule has 3 aromatic rings. The molecule has 1 heterocycles. The summed E-state index contributed by atoms with van der Waals surface area (Å²) in [5.74, 6) is 0. The van der Waals surface area contributed by atoms with Crippen molar-refractivity contribution < 1.29 is 26.5 Å². The normalized spacial score (nSPS) is 12.2. The monoisotopic (exact) mass is 426 g/mol. The fourth-order valence-corrected chi connectivity index (χ4v) is 3.20. The summed E-state index contributed by atoms with van der Waals surface area (Å²) in [6.07, 6.45) is -3.75. The number of alkyl halides is 3. The second-order valence-electron chi connectivity index (χ2n) is 6.13. The van der Waals surface area contributed by atoms with Gasteiger partial charge in [-0.25, -0.2) is 18.2 Å². The molecule has 0 aliphatic heterocycles. The lowest BCUT2D eigenvalue weighted by atomic mass is 10.0. The average molecular weight is 426 g/mol. The van der Waals surface area contributed by atoms with Gasteiger partial charge in [-0.1, -0.05) is 12.1 Å². The highest BCUT2D eigenvalue weighted by Crippen LogP contribution is 2.38. The minimum atomic E-state index is -4.82. The summed E-state index contributed by atoms with van der Waals surface area (Å²) in [5, 5.41) is 19.7. The minimum absolute atomic E-state index is 0.0259. The van der Waals surface area contributed by atoms with Gasteiger partial charge in [0.1, 0.15) is 0 Å². The molecule has 0 aliphatic rings. The molecule has 0 atom stereocenters. The van der Waals surface area contributed by atoms with Crippen LogP contribution < -0.4 is 5.14 Å². The Morgan fingerprint density at radius 3 is 2.28 bits per heavy atom. The number of benzene rings is 2. The van der Waals surface area contributed by atoms with Gasteiger partial charge in [-0.05, 0) is 36.8 Å². The van der Waals surface area contributed by atoms with Crippen LogP contribution in [0.1, 0.15) is 11.3 Å². The van der Waals surface area contributed by atoms with Gasteiger partial charge in [-0.3, -0.25) is 10.1 Å². The van der Waals surface area contributed by atoms with Crippen molar-refractivity contribution in [1.82, 2.24) is 9.78 Å². The molecule has 2 N–H and O–H groups in total. The van der Waals surface area contributed by atoms with Crippen LogP contribution in [0.2, 0.25) is 0 Å². The average Bonchev–Trinajstić information content (AvgIpc) is 3.07. The highest BCUT2D eigenvalue weighted by Gasteiger charge is 2.38. The molecule has 0 saturated heterocycles. The molecule has 2 aromatic carbocycles. The number of nitrogens with two attached hydrogens (primary N) is 1. The molecular formula is C17H13F3N4O4S. The lowest BCUT2D eigenvalue weighted by Crippen LogP contribution is -2.12. The molecule has 0 unspecified atom stereocenters. The molecule has 0 radical (unpaired) electrons. The Morgan fingerprint density at radius 2 is 1.76 bits per heavy atom. The second kappa shape index (κ2) is 6.97. The van der Waals surface area contributed by atoms with E-state index in [4.69, 9.17) is 5.14 Å². The number of aromatic nitrogens is 2. The Labute approximate surface area is 162 Å². The molecule has 3 rings (SSSR count). The molecular weight excluding hydrogens is 413 g/mol. The van der Waals surface area contributed by atoms with Crippen molar-refractivity contribution in [3.05, 3.63) is 70.0 Å². The highest BCUT2D eigenvalue weighted by atomic mass is 32.2. The van der Waals surface area contributed by atoms with E-state index in [2.05, 4.69) is 5.10 Å². The van der Waals surface area contributed by atoms with Crippen molar-refractivity contribution in [2.45, 2.75) is 18.0 Å². The Bertz CT molecular complexity index is 1200. The van der Waals surface area contributed by atoms with E-state index in [1.807, 2.05) is 0 Å². The van der Waals surface area contributed by atoms with Gasteiger partial charge in [-0.2, -0.15) is 18.3 Å². The van der Waals surface area contributed by atoms with Gasteiger partial charge in [0, 0.05) is 23.4 Å². The number of sulfonamides is 1. The zero-order valence-corrected chi connectivity index (χ0v) is 15.5. The largest absolute Gasteiger partial charge is 0.435 e. The smallest absolute Gasteiger partial charge is 0.258 e. The lowest BCUT2D eigenvalue weighted by Gasteiger charge is -2.06. The molecule has 0 saturated carbocycles. The van der Waals surface area contributed by atoms with Crippen LogP contribution in [-0.2, 0) is 16.2 Å². The number of aryl methyl sites for hydroxylation is 1. The van der Waals surface area contributed by atoms with E-state index >= 15 is 0 Å². The lowest BCUT2D eigenvalue weighted by molar-refractivity contribution is -0.385. The summed E-state index contributed by atoms with van der Waals surface area (Å²) in [5.41, 5.74) is -1.47. The molecule has 0 aliphatic carbocycles. The predicted molar refractivity (Wildman–Crippen MR) is 96.8 cm³/mol. The van der Waals surface area contributed by atoms with Gasteiger partial charge in [0.2, 0.25) is 10.0 Å². The van der Waals surface area contributed by atoms with Crippen LogP contribution in [0.3, 0.4) is 0 Å². The number of halogens is 3. The van der Waals surface area contributed by atoms with Gasteiger partial charge >= 0.3 is 6.18 Å². The van der Waals surface area contributed by atoms with Crippen LogP contribution in [0.15, 0.2) is 53.6 Å². The predicted octanol–water partition coefficient (Wildman–Crippen LogP) is 3.42. The zero-order valence-electron chi connectivity index (χ0n) is 14.7. The Hall–Kier alpha value is -3.25. The molecule has 0 fully saturated rings. The van der Waals surface area contributed by atoms with E-state index in [0.29, 0.717) is 5.56 Å². The van der Waals surface area contributed by atoms with Crippen molar-refractivity contribution in [3.63, 3.8) is 0 Å². The third kappa shape index (κ3) is 4.12. The fraction of sp³-hybridized carbons (Fsp3) is 0.118. The first-order valence-corrected chi connectivity index (χ1v) is 9.48. The Balaban J connectivity index is 2.16. The molecule has 0 amide bonds. The van der Waals surface area contributed by atoms with Gasteiger partial charge in [-0.15, -0.1) is 0 Å². The summed E-state index contributed by atoms with van der Waals surface area (Å²) in [6, 6.07) is 8.50. The van der Waals surface area contributed by atoms with Crippen LogP contribution in [0.25, 0.3) is 16.8 Å². The molecule has 0 spiro atoms. The first-order chi connectivity index (χ1) is 13.4. The number of nitro groups is 1. The summed E-state index contributed by atoms with van der Waals surface area (Å²) in [7, 11) is -3.96. The van der Waals surface area contributed by atoms with Crippen molar-refractivity contribution in [2.24, 2.45) is 5.14 Å². The summed E-state index contributed by atoms with van der Waals surface area (Å²) >= 11 is 0. The van der Waals surface area contributed by atoms with Crippen LogP contribution in [0.5, 0.6) is 0 Å². The molecule has 12 heteroatoms. The Kier molecular flexibility index (Phi) is 4.92. The van der Waals surface area contributed by atoms with E-state index < -0.39 is 26.8 Å². The van der Waals surface area contributed by atoms with Gasteiger partial charge < -0.3 is 0 Å². The van der Waals surface area contributed by atoms with Crippen LogP contribution in [-0.4, -0.2) is 23.1 Å². The highest BCUT2D eigenvalue weighted by molar-refractivity contribution is 7.89. The molecule has 8 nitrogen and oxygen atoms in total. The maximum Gasteiger partial charge on any atom is 0.435 e.